The van der Waals surface area contributed by atoms with Crippen LogP contribution in [0.1, 0.15) is 39.2 Å². The molecule has 3 saturated heterocycles. The van der Waals surface area contributed by atoms with Gasteiger partial charge in [0.15, 0.2) is 17.9 Å². The summed E-state index contributed by atoms with van der Waals surface area (Å²) in [5.41, 5.74) is -1.49. The van der Waals surface area contributed by atoms with Gasteiger partial charge in [0, 0.05) is 0 Å². The molecule has 3 aliphatic heterocycles. The topological polar surface area (TPSA) is 104 Å². The molecule has 1 aromatic carbocycles. The van der Waals surface area contributed by atoms with Gasteiger partial charge in [0.1, 0.15) is 29.8 Å². The Bertz CT molecular complexity index is 748. The largest absolute Gasteiger partial charge is 0.481 e. The molecule has 0 radical (unpaired) electrons. The van der Waals surface area contributed by atoms with Crippen LogP contribution in [0.5, 0.6) is 0 Å². The molecule has 3 fully saturated rings. The Morgan fingerprint density at radius 2 is 1.71 bits per heavy atom. The van der Waals surface area contributed by atoms with E-state index >= 15 is 0 Å². The molecule has 0 saturated carbocycles. The summed E-state index contributed by atoms with van der Waals surface area (Å²) in [7, 11) is 0. The number of aliphatic hydroxyl groups is 1. The quantitative estimate of drug-likeness (QED) is 0.794. The van der Waals surface area contributed by atoms with Crippen LogP contribution >= 0.6 is 0 Å². The van der Waals surface area contributed by atoms with Crippen LogP contribution in [-0.2, 0) is 28.5 Å². The lowest BCUT2D eigenvalue weighted by Gasteiger charge is -2.39. The molecule has 8 nitrogen and oxygen atoms in total. The highest BCUT2D eigenvalue weighted by molar-refractivity contribution is 5.78. The van der Waals surface area contributed by atoms with Crippen molar-refractivity contribution in [3.05, 3.63) is 35.9 Å². The zero-order valence-corrected chi connectivity index (χ0v) is 16.3. The van der Waals surface area contributed by atoms with Gasteiger partial charge in [0.2, 0.25) is 0 Å². The number of ether oxygens (including phenoxy) is 5. The van der Waals surface area contributed by atoms with E-state index in [0.29, 0.717) is 5.56 Å². The molecule has 4 rings (SSSR count). The fourth-order valence-electron chi connectivity index (χ4n) is 4.39. The SMILES string of the molecule is CC1(C)OC[C@H]([C@H]2O[C@@H]3OC(C)(C)O[C@@H]3[C@@]2(O)[C@H](C(=O)O)c2ccccc2)O1. The van der Waals surface area contributed by atoms with Crippen molar-refractivity contribution in [2.45, 2.75) is 75.4 Å². The van der Waals surface area contributed by atoms with E-state index in [1.807, 2.05) is 0 Å². The van der Waals surface area contributed by atoms with E-state index in [2.05, 4.69) is 0 Å². The molecule has 28 heavy (non-hydrogen) atoms. The second-order valence-electron chi connectivity index (χ2n) is 8.42. The first-order chi connectivity index (χ1) is 13.0. The summed E-state index contributed by atoms with van der Waals surface area (Å²) < 4.78 is 29.2. The highest BCUT2D eigenvalue weighted by atomic mass is 16.8. The Hall–Kier alpha value is -1.55. The lowest BCUT2D eigenvalue weighted by Crippen LogP contribution is -2.59. The number of carboxylic acids is 1. The minimum atomic E-state index is -1.93. The van der Waals surface area contributed by atoms with Gasteiger partial charge in [-0.3, -0.25) is 4.79 Å². The van der Waals surface area contributed by atoms with E-state index in [4.69, 9.17) is 23.7 Å². The molecule has 6 atom stereocenters. The molecule has 0 amide bonds. The highest BCUT2D eigenvalue weighted by Crippen LogP contribution is 2.51. The van der Waals surface area contributed by atoms with Crippen LogP contribution in [0.25, 0.3) is 0 Å². The van der Waals surface area contributed by atoms with E-state index in [9.17, 15) is 15.0 Å². The van der Waals surface area contributed by atoms with Crippen LogP contribution < -0.4 is 0 Å². The van der Waals surface area contributed by atoms with E-state index in [1.165, 1.54) is 0 Å². The Morgan fingerprint density at radius 3 is 2.29 bits per heavy atom. The van der Waals surface area contributed by atoms with Crippen LogP contribution in [0.4, 0.5) is 0 Å². The van der Waals surface area contributed by atoms with Crippen LogP contribution in [0.3, 0.4) is 0 Å². The first-order valence-corrected chi connectivity index (χ1v) is 9.36. The molecule has 1 aromatic rings. The fraction of sp³-hybridized carbons (Fsp3) is 0.650. The average molecular weight is 394 g/mol. The van der Waals surface area contributed by atoms with Crippen molar-refractivity contribution >= 4 is 5.97 Å². The number of carboxylic acid groups (broad SMARTS) is 1. The second-order valence-corrected chi connectivity index (χ2v) is 8.42. The van der Waals surface area contributed by atoms with Gasteiger partial charge in [-0.25, -0.2) is 0 Å². The third-order valence-electron chi connectivity index (χ3n) is 5.46. The zero-order valence-electron chi connectivity index (χ0n) is 16.3. The third-order valence-corrected chi connectivity index (χ3v) is 5.46. The molecule has 0 aromatic heterocycles. The predicted molar refractivity (Wildman–Crippen MR) is 95.4 cm³/mol. The summed E-state index contributed by atoms with van der Waals surface area (Å²) in [6.07, 6.45) is -3.60. The maximum absolute atomic E-state index is 12.3. The maximum atomic E-state index is 12.3. The van der Waals surface area contributed by atoms with Crippen LogP contribution in [0.2, 0.25) is 0 Å². The van der Waals surface area contributed by atoms with Crippen LogP contribution in [0.15, 0.2) is 30.3 Å². The first kappa shape index (κ1) is 19.8. The number of hydrogen-bond acceptors (Lipinski definition) is 7. The molecule has 154 valence electrons. The Balaban J connectivity index is 1.78. The standard InChI is InChI=1S/C20H26O8/c1-18(2)24-10-12(26-18)14-20(23,15-17(25-14)28-19(3,4)27-15)13(16(21)22)11-8-6-5-7-9-11/h5-9,12-15,17,23H,10H2,1-4H3,(H,21,22)/t12-,13+,14-,15+,17-,20-/m1/s1. The zero-order chi connectivity index (χ0) is 20.3. The molecule has 0 unspecified atom stereocenters. The monoisotopic (exact) mass is 394 g/mol. The predicted octanol–water partition coefficient (Wildman–Crippen LogP) is 1.61. The molecule has 0 spiro atoms. The summed E-state index contributed by atoms with van der Waals surface area (Å²) in [5, 5.41) is 22.0. The average Bonchev–Trinajstić information content (AvgIpc) is 3.18. The normalized spacial score (nSPS) is 39.6. The first-order valence-electron chi connectivity index (χ1n) is 9.36. The van der Waals surface area contributed by atoms with Gasteiger partial charge in [-0.1, -0.05) is 30.3 Å². The molecule has 0 aliphatic carbocycles. The summed E-state index contributed by atoms with van der Waals surface area (Å²) in [4.78, 5) is 12.3. The lowest BCUT2D eigenvalue weighted by molar-refractivity contribution is -0.251. The van der Waals surface area contributed by atoms with Gasteiger partial charge < -0.3 is 33.9 Å². The Morgan fingerprint density at radius 1 is 1.04 bits per heavy atom. The van der Waals surface area contributed by atoms with Crippen LogP contribution in [0, 0.1) is 0 Å². The van der Waals surface area contributed by atoms with Crippen LogP contribution in [-0.4, -0.2) is 64.6 Å². The van der Waals surface area contributed by atoms with Gasteiger partial charge in [-0.15, -0.1) is 0 Å². The number of rotatable bonds is 4. The summed E-state index contributed by atoms with van der Waals surface area (Å²) in [6.45, 7) is 7.05. The number of benzene rings is 1. The molecule has 3 aliphatic rings. The van der Waals surface area contributed by atoms with E-state index in [1.54, 1.807) is 58.0 Å². The van der Waals surface area contributed by atoms with Crippen molar-refractivity contribution in [1.82, 2.24) is 0 Å². The Kier molecular flexibility index (Phi) is 4.57. The number of aliphatic carboxylic acids is 1. The third kappa shape index (κ3) is 3.14. The maximum Gasteiger partial charge on any atom is 0.314 e. The summed E-state index contributed by atoms with van der Waals surface area (Å²) >= 11 is 0. The summed E-state index contributed by atoms with van der Waals surface area (Å²) in [5.74, 6) is -4.37. The van der Waals surface area contributed by atoms with Gasteiger partial charge in [0.05, 0.1) is 6.61 Å². The smallest absolute Gasteiger partial charge is 0.314 e. The molecular weight excluding hydrogens is 368 g/mol. The molecule has 0 bridgehead atoms. The lowest BCUT2D eigenvalue weighted by atomic mass is 9.74. The summed E-state index contributed by atoms with van der Waals surface area (Å²) in [6, 6.07) is 8.57. The second kappa shape index (κ2) is 6.48. The number of carbonyl (C=O) groups is 1. The van der Waals surface area contributed by atoms with Gasteiger partial charge >= 0.3 is 5.97 Å². The van der Waals surface area contributed by atoms with Crippen molar-refractivity contribution in [2.75, 3.05) is 6.61 Å². The van der Waals surface area contributed by atoms with Crippen molar-refractivity contribution in [3.63, 3.8) is 0 Å². The van der Waals surface area contributed by atoms with Gasteiger partial charge in [-0.05, 0) is 33.3 Å². The molecule has 2 N–H and O–H groups in total. The molecule has 8 heteroatoms. The van der Waals surface area contributed by atoms with E-state index in [-0.39, 0.29) is 6.61 Å². The number of fused-ring (bicyclic) bond motifs is 1. The van der Waals surface area contributed by atoms with Crippen molar-refractivity contribution in [3.8, 4) is 0 Å². The van der Waals surface area contributed by atoms with E-state index < -0.39 is 53.7 Å². The van der Waals surface area contributed by atoms with Gasteiger partial charge in [-0.2, -0.15) is 0 Å². The minimum Gasteiger partial charge on any atom is -0.481 e. The molecule has 3 heterocycles. The van der Waals surface area contributed by atoms with E-state index in [0.717, 1.165) is 0 Å². The van der Waals surface area contributed by atoms with Crippen molar-refractivity contribution < 1.29 is 38.7 Å². The van der Waals surface area contributed by atoms with Gasteiger partial charge in [0.25, 0.3) is 0 Å². The fourth-order valence-corrected chi connectivity index (χ4v) is 4.39. The number of hydrogen-bond donors (Lipinski definition) is 2. The minimum absolute atomic E-state index is 0.157. The molecular formula is C20H26O8. The highest BCUT2D eigenvalue weighted by Gasteiger charge is 2.70. The van der Waals surface area contributed by atoms with Crippen molar-refractivity contribution in [2.24, 2.45) is 0 Å². The van der Waals surface area contributed by atoms with Crippen molar-refractivity contribution in [1.29, 1.82) is 0 Å². The Labute approximate surface area is 163 Å².